The van der Waals surface area contributed by atoms with E-state index in [0.717, 1.165) is 12.1 Å². The van der Waals surface area contributed by atoms with Gasteiger partial charge in [-0.1, -0.05) is 19.1 Å². The zero-order chi connectivity index (χ0) is 30.4. The van der Waals surface area contributed by atoms with E-state index < -0.39 is 43.6 Å². The highest BCUT2D eigenvalue weighted by molar-refractivity contribution is 7.59. The van der Waals surface area contributed by atoms with Gasteiger partial charge in [-0.2, -0.15) is 18.4 Å². The summed E-state index contributed by atoms with van der Waals surface area (Å²) in [5, 5.41) is 13.8. The zero-order valence-corrected chi connectivity index (χ0v) is 23.9. The first-order valence-corrected chi connectivity index (χ1v) is 14.5. The molecule has 12 nitrogen and oxygen atoms in total. The maximum Gasteiger partial charge on any atom is 0.408 e. The summed E-state index contributed by atoms with van der Waals surface area (Å²) in [5.74, 6) is -0.614. The molecule has 1 aromatic carbocycles. The lowest BCUT2D eigenvalue weighted by Gasteiger charge is -2.34. The van der Waals surface area contributed by atoms with Crippen LogP contribution in [0.25, 0.3) is 11.2 Å². The van der Waals surface area contributed by atoms with Gasteiger partial charge < -0.3 is 19.8 Å². The molecule has 0 aliphatic rings. The molecule has 0 spiro atoms. The van der Waals surface area contributed by atoms with Crippen LogP contribution in [0.15, 0.2) is 36.9 Å². The number of nitrogens with zero attached hydrogens (tertiary/aromatic N) is 5. The van der Waals surface area contributed by atoms with Gasteiger partial charge in [-0.15, -0.1) is 0 Å². The van der Waals surface area contributed by atoms with Crippen molar-refractivity contribution in [3.05, 3.63) is 48.0 Å². The highest BCUT2D eigenvalue weighted by Gasteiger charge is 2.47. The van der Waals surface area contributed by atoms with E-state index in [4.69, 9.17) is 20.5 Å². The first kappa shape index (κ1) is 32.0. The van der Waals surface area contributed by atoms with Crippen LogP contribution in [0, 0.1) is 11.3 Å². The number of carbonyl (C=O) groups excluding carboxylic acids is 1. The number of aromatic nitrogens is 4. The second-order valence-corrected chi connectivity index (χ2v) is 12.1. The molecule has 3 aromatic rings. The molecule has 3 rings (SSSR count). The lowest BCUT2D eigenvalue weighted by molar-refractivity contribution is -0.153. The Morgan fingerprint density at radius 3 is 2.51 bits per heavy atom. The van der Waals surface area contributed by atoms with E-state index in [1.165, 1.54) is 38.6 Å². The molecule has 1 unspecified atom stereocenters. The Morgan fingerprint density at radius 1 is 1.22 bits per heavy atom. The van der Waals surface area contributed by atoms with Gasteiger partial charge in [-0.3, -0.25) is 9.36 Å². The third-order valence-electron chi connectivity index (χ3n) is 5.87. The summed E-state index contributed by atoms with van der Waals surface area (Å²) in [4.78, 5) is 24.9. The summed E-state index contributed by atoms with van der Waals surface area (Å²) >= 11 is 0. The fourth-order valence-electron chi connectivity index (χ4n) is 3.86. The van der Waals surface area contributed by atoms with Gasteiger partial charge >= 0.3 is 12.1 Å². The van der Waals surface area contributed by atoms with Crippen molar-refractivity contribution >= 4 is 30.4 Å². The lowest BCUT2D eigenvalue weighted by Crippen LogP contribution is -2.50. The Morgan fingerprint density at radius 2 is 1.90 bits per heavy atom. The molecule has 4 N–H and O–H groups in total. The predicted molar refractivity (Wildman–Crippen MR) is 144 cm³/mol. The van der Waals surface area contributed by atoms with Crippen molar-refractivity contribution in [2.24, 2.45) is 0 Å². The summed E-state index contributed by atoms with van der Waals surface area (Å²) < 4.78 is 69.5. The molecule has 2 heterocycles. The number of rotatable bonds is 13. The number of nitrogens with two attached hydrogens (primary N) is 1. The number of hydrogen-bond acceptors (Lipinski definition) is 9. The Kier molecular flexibility index (Phi) is 10.1. The van der Waals surface area contributed by atoms with Gasteiger partial charge in [0.1, 0.15) is 29.8 Å². The summed E-state index contributed by atoms with van der Waals surface area (Å²) in [6.07, 6.45) is -3.04. The fraction of sp³-hybridized carbons (Fsp3) is 0.480. The number of hydrogen-bond donors (Lipinski definition) is 3. The highest BCUT2D eigenvalue weighted by atomic mass is 31.2. The first-order chi connectivity index (χ1) is 19.2. The van der Waals surface area contributed by atoms with Gasteiger partial charge in [0.2, 0.25) is 7.44 Å². The number of esters is 1. The SMILES string of the molecule is CCCOC(=O)C(C)(C)NP(=O)(CO[C@@H](C)Cn1cnc2c(N)ncnc21)N[C@@H](c1ccc(C#N)cc1)C(F)(F)F. The first-order valence-electron chi connectivity index (χ1n) is 12.6. The van der Waals surface area contributed by atoms with Crippen LogP contribution in [0.2, 0.25) is 0 Å². The van der Waals surface area contributed by atoms with Crippen LogP contribution < -0.4 is 15.9 Å². The number of imidazole rings is 1. The smallest absolute Gasteiger partial charge is 0.408 e. The molecule has 0 aliphatic carbocycles. The number of fused-ring (bicyclic) bond motifs is 1. The van der Waals surface area contributed by atoms with E-state index in [9.17, 15) is 22.5 Å². The van der Waals surface area contributed by atoms with Gasteiger partial charge in [0.15, 0.2) is 11.5 Å². The van der Waals surface area contributed by atoms with Gasteiger partial charge in [-0.25, -0.2) is 25.1 Å². The van der Waals surface area contributed by atoms with Gasteiger partial charge in [0, 0.05) is 0 Å². The van der Waals surface area contributed by atoms with E-state index in [0.29, 0.717) is 17.6 Å². The van der Waals surface area contributed by atoms with Crippen molar-refractivity contribution in [2.75, 3.05) is 18.7 Å². The topological polar surface area (TPSA) is 170 Å². The van der Waals surface area contributed by atoms with Gasteiger partial charge in [0.05, 0.1) is 37.2 Å². The molecule has 222 valence electrons. The summed E-state index contributed by atoms with van der Waals surface area (Å²) in [7, 11) is -4.34. The lowest BCUT2D eigenvalue weighted by atomic mass is 10.1. The zero-order valence-electron chi connectivity index (χ0n) is 23.0. The average Bonchev–Trinajstić information content (AvgIpc) is 3.32. The number of nitriles is 1. The molecule has 0 saturated heterocycles. The second kappa shape index (κ2) is 12.9. The minimum atomic E-state index is -4.89. The van der Waals surface area contributed by atoms with Crippen molar-refractivity contribution in [3.8, 4) is 6.07 Å². The quantitative estimate of drug-likeness (QED) is 0.192. The van der Waals surface area contributed by atoms with Crippen LogP contribution in [0.5, 0.6) is 0 Å². The van der Waals surface area contributed by atoms with Crippen LogP contribution in [0.3, 0.4) is 0 Å². The Hall–Kier alpha value is -3.57. The second-order valence-electron chi connectivity index (χ2n) is 9.88. The number of anilines is 1. The Labute approximate surface area is 234 Å². The number of nitrogens with one attached hydrogen (secondary N) is 2. The number of alkyl halides is 3. The van der Waals surface area contributed by atoms with Gasteiger partial charge in [0.25, 0.3) is 0 Å². The molecule has 0 aliphatic heterocycles. The standard InChI is InChI=1S/C25H32F3N8O4P/c1-5-10-39-23(37)24(3,4)35-41(38,34-20(25(26,27)28)18-8-6-17(11-29)7-9-18)15-40-16(2)12-36-14-33-19-21(30)31-13-32-22(19)36/h6-9,13-14,16,20H,5,10,12,15H2,1-4H3,(H2,30,31,32)(H2,34,35,38)/t16-,20-,41?/m0/s1. The van der Waals surface area contributed by atoms with Crippen molar-refractivity contribution in [3.63, 3.8) is 0 Å². The summed E-state index contributed by atoms with van der Waals surface area (Å²) in [6, 6.07) is 4.13. The Balaban J connectivity index is 1.88. The minimum absolute atomic E-state index is 0.0819. The third kappa shape index (κ3) is 8.23. The van der Waals surface area contributed by atoms with E-state index in [1.54, 1.807) is 18.4 Å². The molecular formula is C25H32F3N8O4P. The van der Waals surface area contributed by atoms with E-state index in [1.807, 2.05) is 6.07 Å². The normalized spacial score (nSPS) is 15.2. The van der Waals surface area contributed by atoms with Crippen LogP contribution >= 0.6 is 7.44 Å². The highest BCUT2D eigenvalue weighted by Crippen LogP contribution is 2.46. The van der Waals surface area contributed by atoms with Crippen molar-refractivity contribution < 1.29 is 32.0 Å². The number of halogens is 3. The molecule has 0 amide bonds. The van der Waals surface area contributed by atoms with Crippen LogP contribution in [0.4, 0.5) is 19.0 Å². The third-order valence-corrected chi connectivity index (χ3v) is 7.98. The molecule has 41 heavy (non-hydrogen) atoms. The van der Waals surface area contributed by atoms with Crippen LogP contribution in [0.1, 0.15) is 51.3 Å². The molecule has 0 bridgehead atoms. The number of ether oxygens (including phenoxy) is 2. The Bertz CT molecular complexity index is 1440. The van der Waals surface area contributed by atoms with Gasteiger partial charge in [-0.05, 0) is 44.9 Å². The maximum absolute atomic E-state index is 14.3. The largest absolute Gasteiger partial charge is 0.464 e. The monoisotopic (exact) mass is 596 g/mol. The van der Waals surface area contributed by atoms with Crippen LogP contribution in [-0.4, -0.2) is 56.3 Å². The van der Waals surface area contributed by atoms with Crippen molar-refractivity contribution in [2.45, 2.75) is 64.5 Å². The van der Waals surface area contributed by atoms with E-state index in [-0.39, 0.29) is 30.1 Å². The molecular weight excluding hydrogens is 564 g/mol. The van der Waals surface area contributed by atoms with Crippen LogP contribution in [-0.2, 0) is 25.4 Å². The molecule has 0 fully saturated rings. The summed E-state index contributed by atoms with van der Waals surface area (Å²) in [5.41, 5.74) is 4.85. The summed E-state index contributed by atoms with van der Waals surface area (Å²) in [6.45, 7) is 6.35. The minimum Gasteiger partial charge on any atom is -0.464 e. The molecule has 16 heteroatoms. The molecule has 2 aromatic heterocycles. The number of benzene rings is 1. The average molecular weight is 597 g/mol. The van der Waals surface area contributed by atoms with Crippen molar-refractivity contribution in [1.82, 2.24) is 29.7 Å². The molecule has 0 saturated carbocycles. The van der Waals surface area contributed by atoms with Crippen molar-refractivity contribution in [1.29, 1.82) is 5.26 Å². The number of nitrogen functional groups attached to an aromatic ring is 1. The number of carbonyl (C=O) groups is 1. The van der Waals surface area contributed by atoms with E-state index >= 15 is 0 Å². The molecule has 3 atom stereocenters. The fourth-order valence-corrected chi connectivity index (χ4v) is 6.24. The predicted octanol–water partition coefficient (Wildman–Crippen LogP) is 4.05. The maximum atomic E-state index is 14.3. The molecule has 0 radical (unpaired) electrons. The van der Waals surface area contributed by atoms with E-state index in [2.05, 4.69) is 25.1 Å².